The molecule has 1 unspecified atom stereocenters. The molecule has 0 aliphatic rings. The van der Waals surface area contributed by atoms with E-state index in [1.54, 1.807) is 0 Å². The van der Waals surface area contributed by atoms with Gasteiger partial charge in [0.15, 0.2) is 0 Å². The highest BCUT2D eigenvalue weighted by atomic mass is 35.5. The van der Waals surface area contributed by atoms with Crippen molar-refractivity contribution in [3.05, 3.63) is 16.4 Å². The van der Waals surface area contributed by atoms with Gasteiger partial charge in [-0.2, -0.15) is 5.10 Å². The minimum Gasteiger partial charge on any atom is -0.382 e. The van der Waals surface area contributed by atoms with E-state index in [4.69, 9.17) is 16.3 Å². The van der Waals surface area contributed by atoms with Gasteiger partial charge in [-0.3, -0.25) is 4.68 Å². The summed E-state index contributed by atoms with van der Waals surface area (Å²) in [6.07, 6.45) is 1.87. The number of nitrogens with zero attached hydrogens (tertiary/aromatic N) is 2. The van der Waals surface area contributed by atoms with E-state index in [-0.39, 0.29) is 0 Å². The van der Waals surface area contributed by atoms with Crippen molar-refractivity contribution < 1.29 is 4.74 Å². The quantitative estimate of drug-likeness (QED) is 0.739. The Balaban J connectivity index is 2.64. The van der Waals surface area contributed by atoms with Crippen LogP contribution >= 0.6 is 11.6 Å². The molecule has 1 aromatic heterocycles. The number of hydrogen-bond donors (Lipinski definition) is 1. The molecule has 0 aliphatic heterocycles. The molecule has 1 atom stereocenters. The van der Waals surface area contributed by atoms with Crippen LogP contribution in [-0.2, 0) is 18.2 Å². The summed E-state index contributed by atoms with van der Waals surface area (Å²) in [5.41, 5.74) is 1.99. The summed E-state index contributed by atoms with van der Waals surface area (Å²) in [6.45, 7) is 8.57. The summed E-state index contributed by atoms with van der Waals surface area (Å²) in [5, 5.41) is 8.61. The van der Waals surface area contributed by atoms with E-state index in [1.807, 2.05) is 25.6 Å². The Kier molecular flexibility index (Phi) is 6.68. The van der Waals surface area contributed by atoms with Crippen molar-refractivity contribution in [1.82, 2.24) is 15.1 Å². The van der Waals surface area contributed by atoms with Gasteiger partial charge in [0.25, 0.3) is 0 Å². The monoisotopic (exact) mass is 273 g/mol. The van der Waals surface area contributed by atoms with Crippen LogP contribution in [0.1, 0.15) is 31.7 Å². The van der Waals surface area contributed by atoms with Gasteiger partial charge in [-0.1, -0.05) is 18.5 Å². The molecule has 0 radical (unpaired) electrons. The van der Waals surface area contributed by atoms with Crippen molar-refractivity contribution in [2.75, 3.05) is 19.8 Å². The van der Waals surface area contributed by atoms with Gasteiger partial charge < -0.3 is 10.1 Å². The fourth-order valence-corrected chi connectivity index (χ4v) is 2.31. The van der Waals surface area contributed by atoms with Gasteiger partial charge in [-0.15, -0.1) is 0 Å². The number of likely N-dealkylation sites (N-methyl/N-ethyl adjacent to an activating group) is 1. The van der Waals surface area contributed by atoms with Gasteiger partial charge in [-0.05, 0) is 26.8 Å². The summed E-state index contributed by atoms with van der Waals surface area (Å²) in [5.74, 6) is 0. The van der Waals surface area contributed by atoms with Gasteiger partial charge in [-0.25, -0.2) is 0 Å². The molecular formula is C13H24ClN3O. The average Bonchev–Trinajstić information content (AvgIpc) is 2.56. The smallest absolute Gasteiger partial charge is 0.0847 e. The second-order valence-electron chi connectivity index (χ2n) is 4.41. The second-order valence-corrected chi connectivity index (χ2v) is 4.79. The Bertz CT molecular complexity index is 365. The van der Waals surface area contributed by atoms with E-state index >= 15 is 0 Å². The Morgan fingerprint density at radius 2 is 2.17 bits per heavy atom. The first kappa shape index (κ1) is 15.5. The van der Waals surface area contributed by atoms with Gasteiger partial charge >= 0.3 is 0 Å². The lowest BCUT2D eigenvalue weighted by molar-refractivity contribution is 0.136. The Labute approximate surface area is 115 Å². The number of aromatic nitrogens is 2. The SMILES string of the molecule is CCNC(CCOCC)Cc1c(Cl)c(C)nn1C. The molecule has 0 fully saturated rings. The van der Waals surface area contributed by atoms with E-state index in [9.17, 15) is 0 Å². The molecule has 1 heterocycles. The predicted octanol–water partition coefficient (Wildman–Crippen LogP) is 2.33. The maximum Gasteiger partial charge on any atom is 0.0847 e. The van der Waals surface area contributed by atoms with Gasteiger partial charge in [0.2, 0.25) is 0 Å². The van der Waals surface area contributed by atoms with Crippen LogP contribution in [0.3, 0.4) is 0 Å². The van der Waals surface area contributed by atoms with Crippen molar-refractivity contribution in [3.63, 3.8) is 0 Å². The van der Waals surface area contributed by atoms with Crippen molar-refractivity contribution in [3.8, 4) is 0 Å². The third kappa shape index (κ3) is 4.26. The van der Waals surface area contributed by atoms with Crippen molar-refractivity contribution in [2.45, 2.75) is 39.7 Å². The van der Waals surface area contributed by atoms with Crippen LogP contribution in [0.5, 0.6) is 0 Å². The summed E-state index contributed by atoms with van der Waals surface area (Å²) in [4.78, 5) is 0. The van der Waals surface area contributed by atoms with Crippen LogP contribution in [0.15, 0.2) is 0 Å². The van der Waals surface area contributed by atoms with Crippen LogP contribution in [-0.4, -0.2) is 35.6 Å². The first-order valence-corrected chi connectivity index (χ1v) is 6.97. The normalized spacial score (nSPS) is 12.9. The summed E-state index contributed by atoms with van der Waals surface area (Å²) >= 11 is 6.28. The fourth-order valence-electron chi connectivity index (χ4n) is 2.07. The Hall–Kier alpha value is -0.580. The summed E-state index contributed by atoms with van der Waals surface area (Å²) in [6, 6.07) is 0.383. The third-order valence-corrected chi connectivity index (χ3v) is 3.50. The van der Waals surface area contributed by atoms with Crippen LogP contribution < -0.4 is 5.32 Å². The van der Waals surface area contributed by atoms with Gasteiger partial charge in [0.1, 0.15) is 0 Å². The molecule has 0 bridgehead atoms. The zero-order chi connectivity index (χ0) is 13.5. The van der Waals surface area contributed by atoms with E-state index in [1.165, 1.54) is 0 Å². The minimum absolute atomic E-state index is 0.383. The topological polar surface area (TPSA) is 39.1 Å². The molecule has 104 valence electrons. The first-order chi connectivity index (χ1) is 8.60. The predicted molar refractivity (Wildman–Crippen MR) is 75.2 cm³/mol. The molecule has 5 heteroatoms. The number of halogens is 1. The highest BCUT2D eigenvalue weighted by Gasteiger charge is 2.16. The van der Waals surface area contributed by atoms with Crippen LogP contribution in [0, 0.1) is 6.92 Å². The average molecular weight is 274 g/mol. The number of ether oxygens (including phenoxy) is 1. The first-order valence-electron chi connectivity index (χ1n) is 6.59. The van der Waals surface area contributed by atoms with E-state index in [0.717, 1.165) is 49.0 Å². The number of rotatable bonds is 8. The zero-order valence-corrected chi connectivity index (χ0v) is 12.5. The van der Waals surface area contributed by atoms with Crippen LogP contribution in [0.2, 0.25) is 5.02 Å². The van der Waals surface area contributed by atoms with E-state index in [2.05, 4.69) is 17.3 Å². The highest BCUT2D eigenvalue weighted by Crippen LogP contribution is 2.21. The molecule has 1 aromatic rings. The fraction of sp³-hybridized carbons (Fsp3) is 0.769. The van der Waals surface area contributed by atoms with E-state index in [0.29, 0.717) is 6.04 Å². The summed E-state index contributed by atoms with van der Waals surface area (Å²) in [7, 11) is 1.94. The lowest BCUT2D eigenvalue weighted by Crippen LogP contribution is -2.33. The maximum absolute atomic E-state index is 6.28. The molecule has 0 saturated carbocycles. The highest BCUT2D eigenvalue weighted by molar-refractivity contribution is 6.31. The second kappa shape index (κ2) is 7.77. The van der Waals surface area contributed by atoms with E-state index < -0.39 is 0 Å². The summed E-state index contributed by atoms with van der Waals surface area (Å²) < 4.78 is 7.30. The molecule has 18 heavy (non-hydrogen) atoms. The lowest BCUT2D eigenvalue weighted by atomic mass is 10.1. The van der Waals surface area contributed by atoms with Crippen molar-refractivity contribution >= 4 is 11.6 Å². The molecule has 0 aliphatic carbocycles. The number of aryl methyl sites for hydroxylation is 2. The zero-order valence-electron chi connectivity index (χ0n) is 11.8. The largest absolute Gasteiger partial charge is 0.382 e. The number of hydrogen-bond acceptors (Lipinski definition) is 3. The van der Waals surface area contributed by atoms with Crippen LogP contribution in [0.25, 0.3) is 0 Å². The minimum atomic E-state index is 0.383. The molecule has 0 amide bonds. The maximum atomic E-state index is 6.28. The standard InChI is InChI=1S/C13H24ClN3O/c1-5-15-11(7-8-18-6-2)9-12-13(14)10(3)16-17(12)4/h11,15H,5-9H2,1-4H3. The van der Waals surface area contributed by atoms with Gasteiger partial charge in [0, 0.05) is 32.7 Å². The molecule has 4 nitrogen and oxygen atoms in total. The molecule has 1 rings (SSSR count). The Morgan fingerprint density at radius 1 is 1.44 bits per heavy atom. The molecule has 0 saturated heterocycles. The van der Waals surface area contributed by atoms with Gasteiger partial charge in [0.05, 0.1) is 16.4 Å². The lowest BCUT2D eigenvalue weighted by Gasteiger charge is -2.18. The molecule has 0 spiro atoms. The molecular weight excluding hydrogens is 250 g/mol. The third-order valence-electron chi connectivity index (χ3n) is 3.01. The molecule has 0 aromatic carbocycles. The van der Waals surface area contributed by atoms with Crippen molar-refractivity contribution in [1.29, 1.82) is 0 Å². The molecule has 1 N–H and O–H groups in total. The van der Waals surface area contributed by atoms with Crippen LogP contribution in [0.4, 0.5) is 0 Å². The van der Waals surface area contributed by atoms with Crippen molar-refractivity contribution in [2.24, 2.45) is 7.05 Å². The number of nitrogens with one attached hydrogen (secondary N) is 1. The Morgan fingerprint density at radius 3 is 2.67 bits per heavy atom.